The molecule has 24 heavy (non-hydrogen) atoms. The Bertz CT molecular complexity index is 672. The molecule has 0 radical (unpaired) electrons. The van der Waals surface area contributed by atoms with Crippen LogP contribution in [-0.2, 0) is 15.0 Å². The summed E-state index contributed by atoms with van der Waals surface area (Å²) in [7, 11) is -3.61. The van der Waals surface area contributed by atoms with Crippen LogP contribution in [0.4, 0.5) is 0 Å². The molecule has 0 aromatic carbocycles. The van der Waals surface area contributed by atoms with E-state index in [1.54, 1.807) is 18.5 Å². The van der Waals surface area contributed by atoms with Gasteiger partial charge >= 0.3 is 5.97 Å². The Morgan fingerprint density at radius 2 is 1.83 bits per heavy atom. The quantitative estimate of drug-likeness (QED) is 0.881. The molecule has 0 aliphatic carbocycles. The lowest BCUT2D eigenvalue weighted by Gasteiger charge is -2.26. The van der Waals surface area contributed by atoms with E-state index < -0.39 is 22.1 Å². The van der Waals surface area contributed by atoms with Gasteiger partial charge in [0.1, 0.15) is 0 Å². The molecule has 3 rings (SSSR count). The number of carbonyl (C=O) groups is 1. The monoisotopic (exact) mass is 353 g/mol. The first kappa shape index (κ1) is 17.3. The van der Waals surface area contributed by atoms with Crippen LogP contribution < -0.4 is 0 Å². The maximum atomic E-state index is 12.9. The zero-order chi connectivity index (χ0) is 17.2. The summed E-state index contributed by atoms with van der Waals surface area (Å²) in [6.07, 6.45) is 7.07. The van der Waals surface area contributed by atoms with E-state index in [-0.39, 0.29) is 19.0 Å². The lowest BCUT2D eigenvalue weighted by molar-refractivity contribution is -0.141. The molecular weight excluding hydrogens is 330 g/mol. The largest absolute Gasteiger partial charge is 0.481 e. The van der Waals surface area contributed by atoms with Gasteiger partial charge in [-0.2, -0.15) is 17.0 Å². The van der Waals surface area contributed by atoms with E-state index in [1.165, 1.54) is 8.61 Å². The average molecular weight is 353 g/mol. The van der Waals surface area contributed by atoms with Crippen molar-refractivity contribution in [2.75, 3.05) is 26.2 Å². The van der Waals surface area contributed by atoms with Gasteiger partial charge in [0.25, 0.3) is 10.2 Å². The molecule has 2 saturated heterocycles. The first-order valence-electron chi connectivity index (χ1n) is 8.38. The van der Waals surface area contributed by atoms with E-state index >= 15 is 0 Å². The van der Waals surface area contributed by atoms with Gasteiger partial charge in [0.15, 0.2) is 0 Å². The maximum Gasteiger partial charge on any atom is 0.308 e. The predicted octanol–water partition coefficient (Wildman–Crippen LogP) is 1.30. The molecule has 2 fully saturated rings. The van der Waals surface area contributed by atoms with Crippen LogP contribution in [0.15, 0.2) is 24.5 Å². The van der Waals surface area contributed by atoms with Crippen molar-refractivity contribution >= 4 is 16.2 Å². The van der Waals surface area contributed by atoms with E-state index in [1.807, 2.05) is 6.07 Å². The van der Waals surface area contributed by atoms with Crippen LogP contribution in [0.25, 0.3) is 0 Å². The minimum Gasteiger partial charge on any atom is -0.481 e. The van der Waals surface area contributed by atoms with Gasteiger partial charge in [-0.15, -0.1) is 0 Å². The van der Waals surface area contributed by atoms with E-state index in [0.29, 0.717) is 13.1 Å². The van der Waals surface area contributed by atoms with E-state index in [0.717, 1.165) is 31.2 Å². The van der Waals surface area contributed by atoms with Crippen molar-refractivity contribution in [3.05, 3.63) is 30.1 Å². The molecule has 0 amide bonds. The van der Waals surface area contributed by atoms with Crippen LogP contribution in [0.5, 0.6) is 0 Å². The van der Waals surface area contributed by atoms with Crippen LogP contribution in [-0.4, -0.2) is 59.3 Å². The Morgan fingerprint density at radius 1 is 1.12 bits per heavy atom. The van der Waals surface area contributed by atoms with Gasteiger partial charge in [-0.1, -0.05) is 18.9 Å². The van der Waals surface area contributed by atoms with Crippen molar-refractivity contribution < 1.29 is 18.3 Å². The summed E-state index contributed by atoms with van der Waals surface area (Å²) in [6, 6.07) is 3.57. The van der Waals surface area contributed by atoms with Crippen LogP contribution in [0, 0.1) is 5.92 Å². The third kappa shape index (κ3) is 3.45. The lowest BCUT2D eigenvalue weighted by Crippen LogP contribution is -2.43. The van der Waals surface area contributed by atoms with Crippen LogP contribution in [0.1, 0.15) is 37.2 Å². The number of carboxylic acids is 1. The van der Waals surface area contributed by atoms with E-state index in [4.69, 9.17) is 0 Å². The Hall–Kier alpha value is -1.51. The zero-order valence-electron chi connectivity index (χ0n) is 13.5. The summed E-state index contributed by atoms with van der Waals surface area (Å²) in [5, 5.41) is 9.53. The number of hydrogen-bond acceptors (Lipinski definition) is 4. The highest BCUT2D eigenvalue weighted by Gasteiger charge is 2.44. The number of rotatable bonds is 4. The average Bonchev–Trinajstić information content (AvgIpc) is 2.85. The van der Waals surface area contributed by atoms with E-state index in [9.17, 15) is 18.3 Å². The van der Waals surface area contributed by atoms with Crippen molar-refractivity contribution in [1.29, 1.82) is 0 Å². The summed E-state index contributed by atoms with van der Waals surface area (Å²) < 4.78 is 28.7. The van der Waals surface area contributed by atoms with Crippen molar-refractivity contribution in [3.8, 4) is 0 Å². The van der Waals surface area contributed by atoms with Gasteiger partial charge < -0.3 is 5.11 Å². The number of nitrogens with zero attached hydrogens (tertiary/aromatic N) is 3. The Labute approximate surface area is 142 Å². The van der Waals surface area contributed by atoms with Gasteiger partial charge in [-0.3, -0.25) is 9.78 Å². The smallest absolute Gasteiger partial charge is 0.308 e. The fraction of sp³-hybridized carbons (Fsp3) is 0.625. The highest BCUT2D eigenvalue weighted by atomic mass is 32.2. The standard InChI is InChI=1S/C16H23N3O4S/c20-16(21)15-12-19(11-14(15)13-6-5-7-17-10-13)24(22,23)18-8-3-1-2-4-9-18/h5-7,10,14-15H,1-4,8-9,11-12H2,(H,20,21)/t14-,15+/m0/s1. The van der Waals surface area contributed by atoms with Gasteiger partial charge in [-0.05, 0) is 24.5 Å². The molecule has 1 aromatic rings. The number of aliphatic carboxylic acids is 1. The van der Waals surface area contributed by atoms with E-state index in [2.05, 4.69) is 4.98 Å². The second kappa shape index (κ2) is 7.16. The van der Waals surface area contributed by atoms with Crippen LogP contribution in [0.2, 0.25) is 0 Å². The second-order valence-electron chi connectivity index (χ2n) is 6.48. The SMILES string of the molecule is O=C(O)[C@@H]1CN(S(=O)(=O)N2CCCCCC2)C[C@H]1c1cccnc1. The van der Waals surface area contributed by atoms with Crippen molar-refractivity contribution in [1.82, 2.24) is 13.6 Å². The Kier molecular flexibility index (Phi) is 5.17. The van der Waals surface area contributed by atoms with Gasteiger partial charge in [0, 0.05) is 44.5 Å². The number of carboxylic acid groups (broad SMARTS) is 1. The molecule has 2 atom stereocenters. The summed E-state index contributed by atoms with van der Waals surface area (Å²) in [5.41, 5.74) is 0.776. The minimum atomic E-state index is -3.61. The third-order valence-corrected chi connectivity index (χ3v) is 6.90. The predicted molar refractivity (Wildman–Crippen MR) is 88.6 cm³/mol. The topological polar surface area (TPSA) is 90.8 Å². The molecule has 2 aliphatic rings. The molecule has 1 N–H and O–H groups in total. The molecule has 132 valence electrons. The van der Waals surface area contributed by atoms with Crippen molar-refractivity contribution in [2.45, 2.75) is 31.6 Å². The molecule has 8 heteroatoms. The third-order valence-electron chi connectivity index (χ3n) is 4.93. The molecule has 0 bridgehead atoms. The second-order valence-corrected chi connectivity index (χ2v) is 8.40. The number of hydrogen-bond donors (Lipinski definition) is 1. The first-order valence-corrected chi connectivity index (χ1v) is 9.78. The van der Waals surface area contributed by atoms with Crippen LogP contribution >= 0.6 is 0 Å². The Balaban J connectivity index is 1.83. The minimum absolute atomic E-state index is 0.0216. The molecule has 2 aliphatic heterocycles. The summed E-state index contributed by atoms with van der Waals surface area (Å²) in [6.45, 7) is 1.26. The maximum absolute atomic E-state index is 12.9. The summed E-state index contributed by atoms with van der Waals surface area (Å²) >= 11 is 0. The molecule has 3 heterocycles. The molecule has 1 aromatic heterocycles. The summed E-state index contributed by atoms with van der Waals surface area (Å²) in [4.78, 5) is 15.7. The fourth-order valence-electron chi connectivity index (χ4n) is 3.58. The van der Waals surface area contributed by atoms with Gasteiger partial charge in [0.2, 0.25) is 0 Å². The normalized spacial score (nSPS) is 27.0. The highest BCUT2D eigenvalue weighted by Crippen LogP contribution is 2.35. The number of aromatic nitrogens is 1. The first-order chi connectivity index (χ1) is 11.5. The number of pyridine rings is 1. The lowest BCUT2D eigenvalue weighted by atomic mass is 9.90. The Morgan fingerprint density at radius 3 is 2.42 bits per heavy atom. The van der Waals surface area contributed by atoms with Gasteiger partial charge in [-0.25, -0.2) is 0 Å². The van der Waals surface area contributed by atoms with Crippen LogP contribution in [0.3, 0.4) is 0 Å². The highest BCUT2D eigenvalue weighted by molar-refractivity contribution is 7.86. The van der Waals surface area contributed by atoms with Crippen molar-refractivity contribution in [3.63, 3.8) is 0 Å². The zero-order valence-corrected chi connectivity index (χ0v) is 14.4. The summed E-state index contributed by atoms with van der Waals surface area (Å²) in [5.74, 6) is -2.06. The molecule has 0 unspecified atom stereocenters. The fourth-order valence-corrected chi connectivity index (χ4v) is 5.32. The van der Waals surface area contributed by atoms with Gasteiger partial charge in [0.05, 0.1) is 5.92 Å². The van der Waals surface area contributed by atoms with Crippen molar-refractivity contribution in [2.24, 2.45) is 5.92 Å². The molecule has 7 nitrogen and oxygen atoms in total. The molecule has 0 spiro atoms. The molecular formula is C16H23N3O4S. The molecule has 0 saturated carbocycles.